The standard InChI is InChI=1S/C23H22N3OS3.C2H4O2.3H2O/c1-4-25-16-11-7-9-13-18(16)28-19(25)14-20-26(5-2)22(27)21(30-20)23-24(3)15-10-6-8-12-17(15)29-23;1-2(3)4;;;/h6-14H,4-5H2,1-3H3;1H3,(H,3,4);3*1H2/q+1;;;;/p-1. The van der Waals surface area contributed by atoms with Gasteiger partial charge in [0.05, 0.1) is 11.8 Å². The number of aryl methyl sites for hydroxylation is 1. The van der Waals surface area contributed by atoms with Crippen molar-refractivity contribution in [1.29, 1.82) is 0 Å². The monoisotopic (exact) mass is 565 g/mol. The molecule has 5 rings (SSSR count). The minimum absolute atomic E-state index is 0. The average Bonchev–Trinajstić information content (AvgIpc) is 3.44. The van der Waals surface area contributed by atoms with Gasteiger partial charge in [0.1, 0.15) is 25.5 Å². The first-order chi connectivity index (χ1) is 16.3. The van der Waals surface area contributed by atoms with Crippen LogP contribution < -0.4 is 29.3 Å². The van der Waals surface area contributed by atoms with Gasteiger partial charge in [0.2, 0.25) is 5.52 Å². The van der Waals surface area contributed by atoms with Gasteiger partial charge in [0, 0.05) is 30.5 Å². The van der Waals surface area contributed by atoms with Crippen molar-refractivity contribution in [3.63, 3.8) is 0 Å². The molecular formula is C25H31N3O6S3. The van der Waals surface area contributed by atoms with Crippen LogP contribution in [0.1, 0.15) is 25.8 Å². The van der Waals surface area contributed by atoms with Crippen molar-refractivity contribution in [2.75, 3.05) is 11.9 Å². The Balaban J connectivity index is 0.000000915. The van der Waals surface area contributed by atoms with Crippen molar-refractivity contribution < 1.29 is 30.9 Å². The summed E-state index contributed by atoms with van der Waals surface area (Å²) in [5.41, 5.74) is 2.50. The predicted octanol–water partition coefficient (Wildman–Crippen LogP) is -0.130. The smallest absolute Gasteiger partial charge is 0.271 e. The number of para-hydroxylation sites is 2. The molecule has 2 aromatic heterocycles. The van der Waals surface area contributed by atoms with E-state index in [1.54, 1.807) is 34.4 Å². The summed E-state index contributed by atoms with van der Waals surface area (Å²) >= 11 is 5.06. The Labute approximate surface area is 226 Å². The molecule has 0 spiro atoms. The number of carbonyl (C=O) groups excluding carboxylic acids is 1. The van der Waals surface area contributed by atoms with Gasteiger partial charge in [0.25, 0.3) is 10.6 Å². The lowest BCUT2D eigenvalue weighted by molar-refractivity contribution is -0.665. The number of thiazole rings is 2. The number of benzene rings is 2. The lowest BCUT2D eigenvalue weighted by Gasteiger charge is -2.11. The van der Waals surface area contributed by atoms with Crippen molar-refractivity contribution in [2.45, 2.75) is 38.8 Å². The topological polar surface area (TPSA) is 164 Å². The summed E-state index contributed by atoms with van der Waals surface area (Å²) in [5.74, 6) is -1.08. The largest absolute Gasteiger partial charge is 0.550 e. The number of rotatable bonds is 3. The van der Waals surface area contributed by atoms with E-state index in [-0.39, 0.29) is 22.0 Å². The molecule has 6 N–H and O–H groups in total. The maximum absolute atomic E-state index is 13.3. The SMILES string of the molecule is CC(=O)[O-].CCn1c(=O)c(=C2Sc3ccccc3N2C)s/c1=C\c1sc2ccccc2[n+]1CC.O.O.O. The molecule has 12 heteroatoms. The zero-order valence-electron chi connectivity index (χ0n) is 20.9. The molecule has 0 radical (unpaired) electrons. The summed E-state index contributed by atoms with van der Waals surface area (Å²) in [5, 5.41) is 11.1. The van der Waals surface area contributed by atoms with Gasteiger partial charge in [-0.3, -0.25) is 9.36 Å². The molecule has 200 valence electrons. The molecule has 0 amide bonds. The van der Waals surface area contributed by atoms with Crippen LogP contribution in [0, 0.1) is 0 Å². The zero-order chi connectivity index (χ0) is 24.4. The van der Waals surface area contributed by atoms with Gasteiger partial charge in [-0.1, -0.05) is 47.4 Å². The lowest BCUT2D eigenvalue weighted by atomic mass is 10.3. The first-order valence-corrected chi connectivity index (χ1v) is 13.4. The Morgan fingerprint density at radius 3 is 2.27 bits per heavy atom. The van der Waals surface area contributed by atoms with Crippen LogP contribution in [0.3, 0.4) is 0 Å². The fourth-order valence-electron chi connectivity index (χ4n) is 3.86. The fourth-order valence-corrected chi connectivity index (χ4v) is 7.55. The molecule has 4 aromatic rings. The van der Waals surface area contributed by atoms with Crippen LogP contribution in [0.15, 0.2) is 58.2 Å². The minimum atomic E-state index is -1.08. The van der Waals surface area contributed by atoms with Gasteiger partial charge in [-0.15, -0.1) is 11.3 Å². The van der Waals surface area contributed by atoms with Crippen LogP contribution in [0.5, 0.6) is 0 Å². The molecule has 9 nitrogen and oxygen atoms in total. The van der Waals surface area contributed by atoms with E-state index >= 15 is 0 Å². The van der Waals surface area contributed by atoms with E-state index < -0.39 is 5.97 Å². The molecule has 0 unspecified atom stereocenters. The quantitative estimate of drug-likeness (QED) is 0.315. The number of nitrogens with zero attached hydrogens (tertiary/aromatic N) is 3. The first-order valence-electron chi connectivity index (χ1n) is 10.9. The number of aliphatic carboxylic acids is 1. The van der Waals surface area contributed by atoms with Crippen LogP contribution in [0.4, 0.5) is 5.69 Å². The Morgan fingerprint density at radius 1 is 1.03 bits per heavy atom. The van der Waals surface area contributed by atoms with Crippen molar-refractivity contribution in [3.8, 4) is 0 Å². The Bertz CT molecular complexity index is 1550. The summed E-state index contributed by atoms with van der Waals surface area (Å²) in [7, 11) is 2.05. The fraction of sp³-hybridized carbons (Fsp3) is 0.240. The van der Waals surface area contributed by atoms with Gasteiger partial charge >= 0.3 is 0 Å². The third-order valence-corrected chi connectivity index (χ3v) is 8.96. The zero-order valence-corrected chi connectivity index (χ0v) is 23.4. The van der Waals surface area contributed by atoms with Crippen molar-refractivity contribution >= 4 is 67.4 Å². The molecule has 0 fully saturated rings. The second-order valence-corrected chi connectivity index (χ2v) is 10.7. The molecule has 1 aliphatic heterocycles. The number of carbonyl (C=O) groups is 1. The van der Waals surface area contributed by atoms with E-state index in [1.165, 1.54) is 20.1 Å². The maximum Gasteiger partial charge on any atom is 0.271 e. The summed E-state index contributed by atoms with van der Waals surface area (Å²) in [6, 6.07) is 16.8. The van der Waals surface area contributed by atoms with Crippen molar-refractivity contribution in [3.05, 3.63) is 73.1 Å². The molecule has 0 atom stereocenters. The number of aromatic nitrogens is 2. The number of hydrogen-bond acceptors (Lipinski definition) is 7. The minimum Gasteiger partial charge on any atom is -0.550 e. The van der Waals surface area contributed by atoms with Crippen molar-refractivity contribution in [2.24, 2.45) is 0 Å². The molecule has 2 aromatic carbocycles. The highest BCUT2D eigenvalue weighted by atomic mass is 32.2. The summed E-state index contributed by atoms with van der Waals surface area (Å²) in [6.45, 7) is 6.74. The Hall–Kier alpha value is -3.00. The highest BCUT2D eigenvalue weighted by molar-refractivity contribution is 8.08. The van der Waals surface area contributed by atoms with E-state index in [2.05, 4.69) is 58.9 Å². The van der Waals surface area contributed by atoms with E-state index in [0.29, 0.717) is 6.54 Å². The van der Waals surface area contributed by atoms with E-state index in [0.717, 1.165) is 33.4 Å². The molecule has 0 aliphatic carbocycles. The van der Waals surface area contributed by atoms with Gasteiger partial charge < -0.3 is 31.2 Å². The molecule has 1 aliphatic rings. The van der Waals surface area contributed by atoms with Crippen LogP contribution >= 0.6 is 34.4 Å². The molecule has 0 saturated heterocycles. The number of anilines is 1. The summed E-state index contributed by atoms with van der Waals surface area (Å²) in [6.07, 6.45) is 2.18. The van der Waals surface area contributed by atoms with Crippen molar-refractivity contribution in [1.82, 2.24) is 4.57 Å². The number of hydrogen-bond donors (Lipinski definition) is 0. The lowest BCUT2D eigenvalue weighted by Crippen LogP contribution is -2.35. The summed E-state index contributed by atoms with van der Waals surface area (Å²) < 4.78 is 7.31. The third-order valence-electron chi connectivity index (χ3n) is 5.36. The van der Waals surface area contributed by atoms with Crippen LogP contribution in [0.2, 0.25) is 0 Å². The molecule has 37 heavy (non-hydrogen) atoms. The number of thioether (sulfide) groups is 1. The van der Waals surface area contributed by atoms with Gasteiger partial charge in [-0.25, -0.2) is 0 Å². The predicted molar refractivity (Wildman–Crippen MR) is 150 cm³/mol. The van der Waals surface area contributed by atoms with E-state index in [1.807, 2.05) is 30.7 Å². The van der Waals surface area contributed by atoms with Gasteiger partial charge in [-0.05, 0) is 39.0 Å². The van der Waals surface area contributed by atoms with E-state index in [9.17, 15) is 4.79 Å². The second-order valence-electron chi connectivity index (χ2n) is 7.54. The maximum atomic E-state index is 13.3. The van der Waals surface area contributed by atoms with Gasteiger partial charge in [0.15, 0.2) is 0 Å². The first kappa shape index (κ1) is 32.0. The van der Waals surface area contributed by atoms with E-state index in [4.69, 9.17) is 9.90 Å². The highest BCUT2D eigenvalue weighted by Gasteiger charge is 2.24. The number of fused-ring (bicyclic) bond motifs is 2. The highest BCUT2D eigenvalue weighted by Crippen LogP contribution is 2.44. The number of carboxylic acid groups (broad SMARTS) is 1. The number of carboxylic acids is 1. The third kappa shape index (κ3) is 6.29. The Kier molecular flexibility index (Phi) is 11.7. The van der Waals surface area contributed by atoms with Crippen LogP contribution in [0.25, 0.3) is 21.3 Å². The summed E-state index contributed by atoms with van der Waals surface area (Å²) in [4.78, 5) is 25.5. The molecule has 0 saturated carbocycles. The van der Waals surface area contributed by atoms with Crippen LogP contribution in [-0.4, -0.2) is 34.0 Å². The average molecular weight is 566 g/mol. The molecule has 0 bridgehead atoms. The second kappa shape index (κ2) is 13.5. The Morgan fingerprint density at radius 2 is 1.65 bits per heavy atom. The molecular weight excluding hydrogens is 534 g/mol. The normalized spacial score (nSPS) is 13.6. The molecule has 3 heterocycles. The van der Waals surface area contributed by atoms with Gasteiger partial charge in [-0.2, -0.15) is 4.57 Å². The van der Waals surface area contributed by atoms with Crippen LogP contribution in [-0.2, 0) is 17.9 Å².